The normalized spacial score (nSPS) is 10.7. The van der Waals surface area contributed by atoms with Crippen LogP contribution in [-0.4, -0.2) is 50.1 Å². The number of amides is 1. The van der Waals surface area contributed by atoms with Gasteiger partial charge in [-0.05, 0) is 30.2 Å². The number of hydrogen-bond donors (Lipinski definition) is 3. The Morgan fingerprint density at radius 1 is 1.08 bits per heavy atom. The molecule has 3 rings (SSSR count). The van der Waals surface area contributed by atoms with Gasteiger partial charge in [-0.25, -0.2) is 4.79 Å². The number of alkyl carbamates (subject to hydrolysis) is 1. The molecule has 0 aliphatic rings. The molecule has 36 heavy (non-hydrogen) atoms. The maximum atomic E-state index is 11.1. The van der Waals surface area contributed by atoms with Crippen LogP contribution in [0.1, 0.15) is 29.2 Å². The van der Waals surface area contributed by atoms with E-state index in [1.54, 1.807) is 31.2 Å². The van der Waals surface area contributed by atoms with Crippen molar-refractivity contribution >= 4 is 24.6 Å². The summed E-state index contributed by atoms with van der Waals surface area (Å²) >= 11 is 4.28. The summed E-state index contributed by atoms with van der Waals surface area (Å²) in [7, 11) is 5.99. The largest absolute Gasteiger partial charge is 0.496 e. The van der Waals surface area contributed by atoms with Gasteiger partial charge in [0.1, 0.15) is 18.6 Å². The number of nitrogens with two attached hydrogens (primary N) is 1. The molecule has 0 spiro atoms. The average Bonchev–Trinajstić information content (AvgIpc) is 3.35. The molecule has 3 N–H and O–H groups in total. The predicted molar refractivity (Wildman–Crippen MR) is 141 cm³/mol. The number of benzene rings is 2. The van der Waals surface area contributed by atoms with Crippen LogP contribution in [0.25, 0.3) is 0 Å². The van der Waals surface area contributed by atoms with Gasteiger partial charge in [0, 0.05) is 34.3 Å². The number of aryl methyl sites for hydroxylation is 1. The van der Waals surface area contributed by atoms with E-state index >= 15 is 0 Å². The molecule has 0 aliphatic carbocycles. The number of carbonyl (C=O) groups excluding carboxylic acids is 1. The zero-order valence-corrected chi connectivity index (χ0v) is 22.0. The van der Waals surface area contributed by atoms with Crippen molar-refractivity contribution in [1.82, 2.24) is 15.1 Å². The maximum absolute atomic E-state index is 11.1. The molecular weight excluding hydrogens is 482 g/mol. The highest BCUT2D eigenvalue weighted by atomic mass is 32.1. The molecule has 1 heterocycles. The molecule has 10 nitrogen and oxygen atoms in total. The highest BCUT2D eigenvalue weighted by Gasteiger charge is 2.09. The topological polar surface area (TPSA) is 122 Å². The lowest BCUT2D eigenvalue weighted by atomic mass is 10.1. The second-order valence-electron chi connectivity index (χ2n) is 7.44. The van der Waals surface area contributed by atoms with Crippen molar-refractivity contribution in [2.24, 2.45) is 10.9 Å². The van der Waals surface area contributed by atoms with Crippen LogP contribution >= 0.6 is 12.6 Å². The van der Waals surface area contributed by atoms with Gasteiger partial charge >= 0.3 is 6.09 Å². The van der Waals surface area contributed by atoms with Gasteiger partial charge in [0.25, 0.3) is 0 Å². The van der Waals surface area contributed by atoms with Gasteiger partial charge in [0.2, 0.25) is 0 Å². The van der Waals surface area contributed by atoms with Crippen molar-refractivity contribution in [3.05, 3.63) is 71.0 Å². The summed E-state index contributed by atoms with van der Waals surface area (Å²) in [6.07, 6.45) is 4.07. The zero-order valence-electron chi connectivity index (χ0n) is 21.1. The Balaban J connectivity index is 0.000000346. The predicted octanol–water partition coefficient (Wildman–Crippen LogP) is 3.61. The summed E-state index contributed by atoms with van der Waals surface area (Å²) in [5.74, 6) is 1.77. The lowest BCUT2D eigenvalue weighted by Crippen LogP contribution is -2.21. The number of rotatable bonds is 9. The third-order valence-corrected chi connectivity index (χ3v) is 5.41. The molecule has 0 unspecified atom stereocenters. The minimum absolute atomic E-state index is 0.266. The summed E-state index contributed by atoms with van der Waals surface area (Å²) < 4.78 is 16.8. The highest BCUT2D eigenvalue weighted by molar-refractivity contribution is 7.80. The first-order chi connectivity index (χ1) is 17.3. The quantitative estimate of drug-likeness (QED) is 0.172. The fraction of sp³-hybridized carbons (Fsp3) is 0.320. The third-order valence-electron chi connectivity index (χ3n) is 5.07. The Labute approximate surface area is 216 Å². The lowest BCUT2D eigenvalue weighted by molar-refractivity contribution is 0.170. The number of ether oxygens (including phenoxy) is 3. The number of hydrogen-bond acceptors (Lipinski definition) is 8. The molecule has 0 saturated heterocycles. The molecular formula is C25H33N5O5S. The minimum atomic E-state index is -0.486. The van der Waals surface area contributed by atoms with E-state index in [9.17, 15) is 4.79 Å². The van der Waals surface area contributed by atoms with Gasteiger partial charge in [-0.1, -0.05) is 30.3 Å². The fourth-order valence-corrected chi connectivity index (χ4v) is 3.48. The second-order valence-corrected chi connectivity index (χ2v) is 7.92. The van der Waals surface area contributed by atoms with Crippen LogP contribution in [0.3, 0.4) is 0 Å². The van der Waals surface area contributed by atoms with E-state index in [4.69, 9.17) is 15.2 Å². The molecule has 0 atom stereocenters. The van der Waals surface area contributed by atoms with Crippen LogP contribution in [0.4, 0.5) is 4.79 Å². The number of oxime groups is 1. The van der Waals surface area contributed by atoms with Gasteiger partial charge in [-0.2, -0.15) is 5.10 Å². The third kappa shape index (κ3) is 8.42. The summed E-state index contributed by atoms with van der Waals surface area (Å²) in [4.78, 5) is 16.7. The number of methoxy groups -OCH3 is 3. The highest BCUT2D eigenvalue weighted by Crippen LogP contribution is 2.23. The summed E-state index contributed by atoms with van der Waals surface area (Å²) in [6.45, 7) is 2.96. The lowest BCUT2D eigenvalue weighted by Gasteiger charge is -2.10. The van der Waals surface area contributed by atoms with Gasteiger partial charge in [-0.15, -0.1) is 12.6 Å². The van der Waals surface area contributed by atoms with E-state index < -0.39 is 6.09 Å². The summed E-state index contributed by atoms with van der Waals surface area (Å²) in [6, 6.07) is 11.5. The van der Waals surface area contributed by atoms with E-state index in [0.717, 1.165) is 28.2 Å². The van der Waals surface area contributed by atoms with Gasteiger partial charge in [-0.3, -0.25) is 4.68 Å². The van der Waals surface area contributed by atoms with Gasteiger partial charge in [0.15, 0.2) is 5.84 Å². The first-order valence-electron chi connectivity index (χ1n) is 11.1. The molecule has 3 aromatic rings. The molecule has 1 amide bonds. The summed E-state index contributed by atoms with van der Waals surface area (Å²) in [5.41, 5.74) is 9.58. The van der Waals surface area contributed by atoms with Crippen LogP contribution in [0, 0.1) is 0 Å². The molecule has 0 saturated carbocycles. The summed E-state index contributed by atoms with van der Waals surface area (Å²) in [5, 5.41) is 10.6. The van der Waals surface area contributed by atoms with E-state index in [0.29, 0.717) is 24.4 Å². The molecule has 0 fully saturated rings. The van der Waals surface area contributed by atoms with Crippen molar-refractivity contribution in [1.29, 1.82) is 0 Å². The molecule has 1 aromatic heterocycles. The molecule has 2 aromatic carbocycles. The van der Waals surface area contributed by atoms with Crippen LogP contribution in [-0.2, 0) is 29.1 Å². The van der Waals surface area contributed by atoms with Crippen molar-refractivity contribution in [3.63, 3.8) is 0 Å². The molecule has 0 bridgehead atoms. The molecule has 194 valence electrons. The zero-order chi connectivity index (χ0) is 26.5. The Morgan fingerprint density at radius 2 is 1.83 bits per heavy atom. The van der Waals surface area contributed by atoms with E-state index in [2.05, 4.69) is 50.8 Å². The van der Waals surface area contributed by atoms with Crippen molar-refractivity contribution in [3.8, 4) is 11.5 Å². The average molecular weight is 516 g/mol. The van der Waals surface area contributed by atoms with E-state index in [1.807, 2.05) is 30.5 Å². The van der Waals surface area contributed by atoms with E-state index in [1.165, 1.54) is 19.8 Å². The van der Waals surface area contributed by atoms with Crippen LogP contribution in [0.2, 0.25) is 0 Å². The molecule has 0 radical (unpaired) electrons. The van der Waals surface area contributed by atoms with Crippen molar-refractivity contribution < 1.29 is 23.8 Å². The SMILES string of the molecule is CCc1ccc(OC)c(S)c1.CO/N=C(/N)c1ccc(Cn2cc(CNC(=O)OC)cn2)c(OC)c1. The Bertz CT molecular complexity index is 1170. The van der Waals surface area contributed by atoms with Crippen LogP contribution in [0.5, 0.6) is 11.5 Å². The monoisotopic (exact) mass is 515 g/mol. The number of amidine groups is 1. The standard InChI is InChI=1S/C16H21N5O4.C9H12OS/c1-23-14-6-12(15(17)20-25-3)4-5-13(14)10-21-9-11(8-19-21)7-18-16(22)24-2;1-3-7-4-5-8(10-2)9(11)6-7/h4-6,8-9H,7,10H2,1-3H3,(H2,17,20)(H,18,22);4-6,11H,3H2,1-2H3. The smallest absolute Gasteiger partial charge is 0.407 e. The molecule has 0 aliphatic heterocycles. The number of aromatic nitrogens is 2. The van der Waals surface area contributed by atoms with E-state index in [-0.39, 0.29) is 5.84 Å². The second kappa shape index (κ2) is 14.5. The van der Waals surface area contributed by atoms with Crippen LogP contribution in [0.15, 0.2) is 58.8 Å². The van der Waals surface area contributed by atoms with Crippen molar-refractivity contribution in [2.75, 3.05) is 28.4 Å². The van der Waals surface area contributed by atoms with Crippen LogP contribution < -0.4 is 20.5 Å². The maximum Gasteiger partial charge on any atom is 0.407 e. The van der Waals surface area contributed by atoms with Crippen molar-refractivity contribution in [2.45, 2.75) is 31.3 Å². The Morgan fingerprint density at radius 3 is 2.44 bits per heavy atom. The number of nitrogens with one attached hydrogen (secondary N) is 1. The molecule has 11 heteroatoms. The minimum Gasteiger partial charge on any atom is -0.496 e. The Hall–Kier alpha value is -3.86. The fourth-order valence-electron chi connectivity index (χ4n) is 3.15. The van der Waals surface area contributed by atoms with Gasteiger partial charge < -0.3 is 30.1 Å². The first kappa shape index (κ1) is 28.4. The number of thiol groups is 1. The number of carbonyl (C=O) groups is 1. The first-order valence-corrected chi connectivity index (χ1v) is 11.5. The Kier molecular flexibility index (Phi) is 11.4. The number of nitrogens with zero attached hydrogens (tertiary/aromatic N) is 3. The van der Waals surface area contributed by atoms with Gasteiger partial charge in [0.05, 0.1) is 34.1 Å².